The first-order valence-corrected chi connectivity index (χ1v) is 6.44. The molecular weight excluding hydrogens is 266 g/mol. The van der Waals surface area contributed by atoms with Crippen LogP contribution < -0.4 is 4.74 Å². The van der Waals surface area contributed by atoms with Gasteiger partial charge in [0.2, 0.25) is 0 Å². The molecule has 0 atom stereocenters. The Kier molecular flexibility index (Phi) is 3.47. The fraction of sp³-hybridized carbons (Fsp3) is 0.0625. The van der Waals surface area contributed by atoms with E-state index in [-0.39, 0.29) is 0 Å². The van der Waals surface area contributed by atoms with Crippen molar-refractivity contribution in [1.82, 2.24) is 15.0 Å². The van der Waals surface area contributed by atoms with E-state index in [1.54, 1.807) is 11.8 Å². The highest BCUT2D eigenvalue weighted by Crippen LogP contribution is 2.25. The maximum absolute atomic E-state index is 11.2. The lowest BCUT2D eigenvalue weighted by atomic mass is 10.1. The lowest BCUT2D eigenvalue weighted by molar-refractivity contribution is 0.111. The Morgan fingerprint density at radius 1 is 1.10 bits per heavy atom. The van der Waals surface area contributed by atoms with E-state index >= 15 is 0 Å². The minimum absolute atomic E-state index is 0.309. The average molecular weight is 279 g/mol. The van der Waals surface area contributed by atoms with E-state index in [4.69, 9.17) is 4.74 Å². The average Bonchev–Trinajstić information content (AvgIpc) is 2.99. The van der Waals surface area contributed by atoms with Crippen molar-refractivity contribution in [3.05, 3.63) is 60.3 Å². The van der Waals surface area contributed by atoms with Crippen LogP contribution in [0.4, 0.5) is 0 Å². The lowest BCUT2D eigenvalue weighted by Gasteiger charge is -2.08. The van der Waals surface area contributed by atoms with Crippen LogP contribution in [-0.4, -0.2) is 28.4 Å². The maximum Gasteiger partial charge on any atom is 0.172 e. The fourth-order valence-electron chi connectivity index (χ4n) is 2.16. The van der Waals surface area contributed by atoms with Gasteiger partial charge >= 0.3 is 0 Å². The first kappa shape index (κ1) is 13.1. The van der Waals surface area contributed by atoms with Gasteiger partial charge < -0.3 is 4.74 Å². The molecule has 2 aromatic carbocycles. The SMILES string of the molecule is COc1cccc(-n2nnc(C=O)c2-c2ccccc2)c1. The van der Waals surface area contributed by atoms with Gasteiger partial charge in [-0.05, 0) is 12.1 Å². The smallest absolute Gasteiger partial charge is 0.172 e. The third kappa shape index (κ3) is 2.41. The summed E-state index contributed by atoms with van der Waals surface area (Å²) in [5, 5.41) is 8.04. The molecule has 104 valence electrons. The van der Waals surface area contributed by atoms with Crippen molar-refractivity contribution in [2.24, 2.45) is 0 Å². The van der Waals surface area contributed by atoms with Crippen molar-refractivity contribution in [3.63, 3.8) is 0 Å². The van der Waals surface area contributed by atoms with E-state index in [1.807, 2.05) is 54.6 Å². The predicted octanol–water partition coefficient (Wildman–Crippen LogP) is 2.76. The summed E-state index contributed by atoms with van der Waals surface area (Å²) in [4.78, 5) is 11.2. The van der Waals surface area contributed by atoms with Crippen LogP contribution in [0.15, 0.2) is 54.6 Å². The standard InChI is InChI=1S/C16H13N3O2/c1-21-14-9-5-8-13(10-14)19-16(15(11-20)17-18-19)12-6-3-2-4-7-12/h2-11H,1H3. The van der Waals surface area contributed by atoms with Crippen molar-refractivity contribution < 1.29 is 9.53 Å². The van der Waals surface area contributed by atoms with Crippen LogP contribution >= 0.6 is 0 Å². The second-order valence-corrected chi connectivity index (χ2v) is 4.42. The van der Waals surface area contributed by atoms with Crippen molar-refractivity contribution >= 4 is 6.29 Å². The zero-order chi connectivity index (χ0) is 14.7. The molecular formula is C16H13N3O2. The highest BCUT2D eigenvalue weighted by atomic mass is 16.5. The first-order chi connectivity index (χ1) is 10.3. The molecule has 0 fully saturated rings. The van der Waals surface area contributed by atoms with Crippen LogP contribution in [0.2, 0.25) is 0 Å². The number of carbonyl (C=O) groups excluding carboxylic acids is 1. The summed E-state index contributed by atoms with van der Waals surface area (Å²) >= 11 is 0. The number of methoxy groups -OCH3 is 1. The Balaban J connectivity index is 2.20. The Labute approximate surface area is 121 Å². The maximum atomic E-state index is 11.2. The summed E-state index contributed by atoms with van der Waals surface area (Å²) in [6.07, 6.45) is 0.714. The summed E-state index contributed by atoms with van der Waals surface area (Å²) < 4.78 is 6.86. The van der Waals surface area contributed by atoms with E-state index in [0.717, 1.165) is 17.0 Å². The number of aromatic nitrogens is 3. The minimum Gasteiger partial charge on any atom is -0.497 e. The van der Waals surface area contributed by atoms with Gasteiger partial charge in [-0.15, -0.1) is 5.10 Å². The zero-order valence-corrected chi connectivity index (χ0v) is 11.4. The number of aldehydes is 1. The molecule has 0 saturated heterocycles. The molecule has 0 amide bonds. The van der Waals surface area contributed by atoms with Gasteiger partial charge in [0.1, 0.15) is 11.4 Å². The Bertz CT molecular complexity index is 766. The fourth-order valence-corrected chi connectivity index (χ4v) is 2.16. The third-order valence-electron chi connectivity index (χ3n) is 3.15. The summed E-state index contributed by atoms with van der Waals surface area (Å²) in [6, 6.07) is 17.0. The summed E-state index contributed by atoms with van der Waals surface area (Å²) in [7, 11) is 1.61. The van der Waals surface area contributed by atoms with Crippen LogP contribution in [-0.2, 0) is 0 Å². The number of rotatable bonds is 4. The molecule has 21 heavy (non-hydrogen) atoms. The van der Waals surface area contributed by atoms with Gasteiger partial charge in [-0.1, -0.05) is 41.6 Å². The van der Waals surface area contributed by atoms with Crippen LogP contribution in [0, 0.1) is 0 Å². The molecule has 3 aromatic rings. The number of hydrogen-bond acceptors (Lipinski definition) is 4. The minimum atomic E-state index is 0.309. The van der Waals surface area contributed by atoms with Crippen LogP contribution in [0.3, 0.4) is 0 Å². The molecule has 0 aliphatic rings. The van der Waals surface area contributed by atoms with E-state index in [0.29, 0.717) is 17.7 Å². The molecule has 0 N–H and O–H groups in total. The second kappa shape index (κ2) is 5.58. The van der Waals surface area contributed by atoms with Crippen molar-refractivity contribution in [1.29, 1.82) is 0 Å². The molecule has 5 nitrogen and oxygen atoms in total. The van der Waals surface area contributed by atoms with Crippen molar-refractivity contribution in [2.75, 3.05) is 7.11 Å². The molecule has 0 bridgehead atoms. The third-order valence-corrected chi connectivity index (χ3v) is 3.15. The molecule has 0 radical (unpaired) electrons. The van der Waals surface area contributed by atoms with E-state index in [9.17, 15) is 4.79 Å². The van der Waals surface area contributed by atoms with Gasteiger partial charge in [-0.2, -0.15) is 0 Å². The van der Waals surface area contributed by atoms with Crippen molar-refractivity contribution in [3.8, 4) is 22.7 Å². The highest BCUT2D eigenvalue weighted by Gasteiger charge is 2.15. The van der Waals surface area contributed by atoms with Gasteiger partial charge in [0.25, 0.3) is 0 Å². The van der Waals surface area contributed by atoms with Crippen LogP contribution in [0.1, 0.15) is 10.5 Å². The number of carbonyl (C=O) groups is 1. The van der Waals surface area contributed by atoms with Crippen LogP contribution in [0.5, 0.6) is 5.75 Å². The summed E-state index contributed by atoms with van der Waals surface area (Å²) in [6.45, 7) is 0. The molecule has 3 rings (SSSR count). The molecule has 0 saturated carbocycles. The largest absolute Gasteiger partial charge is 0.497 e. The summed E-state index contributed by atoms with van der Waals surface area (Å²) in [5.74, 6) is 0.717. The van der Waals surface area contributed by atoms with E-state index in [1.165, 1.54) is 0 Å². The summed E-state index contributed by atoms with van der Waals surface area (Å²) in [5.41, 5.74) is 2.64. The Hall–Kier alpha value is -2.95. The molecule has 5 heteroatoms. The quantitative estimate of drug-likeness (QED) is 0.689. The van der Waals surface area contributed by atoms with Gasteiger partial charge in [-0.25, -0.2) is 4.68 Å². The van der Waals surface area contributed by atoms with Gasteiger partial charge in [0.05, 0.1) is 12.8 Å². The number of benzene rings is 2. The monoisotopic (exact) mass is 279 g/mol. The van der Waals surface area contributed by atoms with Gasteiger partial charge in [0, 0.05) is 11.6 Å². The molecule has 0 aliphatic carbocycles. The number of nitrogens with zero attached hydrogens (tertiary/aromatic N) is 3. The molecule has 1 heterocycles. The second-order valence-electron chi connectivity index (χ2n) is 4.42. The Morgan fingerprint density at radius 2 is 1.90 bits per heavy atom. The molecule has 0 aliphatic heterocycles. The lowest BCUT2D eigenvalue weighted by Crippen LogP contribution is -2.00. The predicted molar refractivity (Wildman–Crippen MR) is 78.7 cm³/mol. The number of ether oxygens (including phenoxy) is 1. The normalized spacial score (nSPS) is 10.3. The number of hydrogen-bond donors (Lipinski definition) is 0. The molecule has 1 aromatic heterocycles. The van der Waals surface area contributed by atoms with E-state index in [2.05, 4.69) is 10.3 Å². The van der Waals surface area contributed by atoms with Crippen molar-refractivity contribution in [2.45, 2.75) is 0 Å². The van der Waals surface area contributed by atoms with E-state index < -0.39 is 0 Å². The zero-order valence-electron chi connectivity index (χ0n) is 11.4. The topological polar surface area (TPSA) is 57.0 Å². The van der Waals surface area contributed by atoms with Gasteiger partial charge in [0.15, 0.2) is 12.0 Å². The first-order valence-electron chi connectivity index (χ1n) is 6.44. The van der Waals surface area contributed by atoms with Crippen LogP contribution in [0.25, 0.3) is 16.9 Å². The molecule has 0 spiro atoms. The Morgan fingerprint density at radius 3 is 2.62 bits per heavy atom. The van der Waals surface area contributed by atoms with Gasteiger partial charge in [-0.3, -0.25) is 4.79 Å². The highest BCUT2D eigenvalue weighted by molar-refractivity contribution is 5.83. The molecule has 0 unspecified atom stereocenters.